The zero-order valence-corrected chi connectivity index (χ0v) is 8.71. The number of benzene rings is 1. The number of sulfonamides is 1. The molecular weight excluding hydrogens is 246 g/mol. The maximum atomic E-state index is 10.9. The summed E-state index contributed by atoms with van der Waals surface area (Å²) in [6.07, 6.45) is 0. The van der Waals surface area contributed by atoms with Crippen LogP contribution in [0.25, 0.3) is 0 Å². The van der Waals surface area contributed by atoms with E-state index in [2.05, 4.69) is 0 Å². The second kappa shape index (κ2) is 3.69. The number of primary sulfonamides is 1. The number of rotatable bonds is 2. The molecule has 1 rings (SSSR count). The monoisotopic (exact) mass is 251 g/mol. The minimum Gasteiger partial charge on any atom is -0.506 e. The number of aromatic hydroxyl groups is 1. The van der Waals surface area contributed by atoms with Crippen molar-refractivity contribution in [2.45, 2.75) is 4.90 Å². The van der Waals surface area contributed by atoms with Crippen molar-refractivity contribution < 1.29 is 23.4 Å². The summed E-state index contributed by atoms with van der Waals surface area (Å²) in [5.41, 5.74) is -0.619. The highest BCUT2D eigenvalue weighted by molar-refractivity contribution is 7.89. The molecule has 0 saturated carbocycles. The fourth-order valence-corrected chi connectivity index (χ4v) is 1.91. The van der Waals surface area contributed by atoms with Crippen LogP contribution in [0.15, 0.2) is 17.0 Å². The fourth-order valence-electron chi connectivity index (χ4n) is 0.954. The quantitative estimate of drug-likeness (QED) is 0.703. The smallest absolute Gasteiger partial charge is 0.339 e. The summed E-state index contributed by atoms with van der Waals surface area (Å²) in [6, 6.07) is 1.80. The van der Waals surface area contributed by atoms with E-state index in [-0.39, 0.29) is 5.02 Å². The first-order valence-electron chi connectivity index (χ1n) is 3.52. The second-order valence-corrected chi connectivity index (χ2v) is 4.62. The van der Waals surface area contributed by atoms with Gasteiger partial charge in [0.15, 0.2) is 0 Å². The standard InChI is InChI=1S/C7H6ClNO5S/c8-3-1-4(7(11)12)6(10)5(2-3)15(9,13)14/h1-2,10H,(H,11,12)(H2,9,13,14). The number of hydrogen-bond donors (Lipinski definition) is 3. The molecule has 1 aromatic rings. The molecule has 8 heteroatoms. The first-order chi connectivity index (χ1) is 6.73. The molecule has 0 spiro atoms. The predicted molar refractivity (Wildman–Crippen MR) is 51.4 cm³/mol. The molecule has 0 heterocycles. The van der Waals surface area contributed by atoms with Gasteiger partial charge < -0.3 is 10.2 Å². The maximum absolute atomic E-state index is 10.9. The first-order valence-corrected chi connectivity index (χ1v) is 5.44. The maximum Gasteiger partial charge on any atom is 0.339 e. The van der Waals surface area contributed by atoms with Crippen molar-refractivity contribution in [3.05, 3.63) is 22.7 Å². The fraction of sp³-hybridized carbons (Fsp3) is 0. The molecule has 0 amide bonds. The molecule has 0 aromatic heterocycles. The second-order valence-electron chi connectivity index (χ2n) is 2.65. The number of hydrogen-bond acceptors (Lipinski definition) is 4. The van der Waals surface area contributed by atoms with Gasteiger partial charge in [-0.05, 0) is 12.1 Å². The van der Waals surface area contributed by atoms with E-state index in [9.17, 15) is 18.3 Å². The number of carboxylic acids is 1. The van der Waals surface area contributed by atoms with Crippen LogP contribution in [-0.4, -0.2) is 24.6 Å². The van der Waals surface area contributed by atoms with Crippen LogP contribution < -0.4 is 5.14 Å². The van der Waals surface area contributed by atoms with E-state index in [1.54, 1.807) is 0 Å². The van der Waals surface area contributed by atoms with Crippen LogP contribution >= 0.6 is 11.6 Å². The van der Waals surface area contributed by atoms with Crippen molar-refractivity contribution >= 4 is 27.6 Å². The highest BCUT2D eigenvalue weighted by Gasteiger charge is 2.21. The van der Waals surface area contributed by atoms with Crippen molar-refractivity contribution in [3.63, 3.8) is 0 Å². The summed E-state index contributed by atoms with van der Waals surface area (Å²) >= 11 is 5.48. The van der Waals surface area contributed by atoms with E-state index in [1.165, 1.54) is 0 Å². The number of aromatic carboxylic acids is 1. The third kappa shape index (κ3) is 2.38. The van der Waals surface area contributed by atoms with Gasteiger partial charge in [-0.1, -0.05) is 11.6 Å². The lowest BCUT2D eigenvalue weighted by atomic mass is 10.2. The number of carboxylic acid groups (broad SMARTS) is 1. The Balaban J connectivity index is 3.63. The Bertz CT molecular complexity index is 524. The van der Waals surface area contributed by atoms with Gasteiger partial charge in [0.05, 0.1) is 0 Å². The van der Waals surface area contributed by atoms with Crippen molar-refractivity contribution in [2.24, 2.45) is 5.14 Å². The van der Waals surface area contributed by atoms with Crippen LogP contribution in [0.4, 0.5) is 0 Å². The number of halogens is 1. The topological polar surface area (TPSA) is 118 Å². The lowest BCUT2D eigenvalue weighted by Crippen LogP contribution is -2.13. The van der Waals surface area contributed by atoms with E-state index in [1.807, 2.05) is 0 Å². The molecule has 6 nitrogen and oxygen atoms in total. The highest BCUT2D eigenvalue weighted by atomic mass is 35.5. The highest BCUT2D eigenvalue weighted by Crippen LogP contribution is 2.29. The predicted octanol–water partition coefficient (Wildman–Crippen LogP) is 0.391. The molecule has 0 bridgehead atoms. The van der Waals surface area contributed by atoms with E-state index in [0.717, 1.165) is 12.1 Å². The normalized spacial score (nSPS) is 11.3. The van der Waals surface area contributed by atoms with E-state index in [4.69, 9.17) is 21.8 Å². The molecule has 15 heavy (non-hydrogen) atoms. The van der Waals surface area contributed by atoms with Gasteiger partial charge in [0.25, 0.3) is 0 Å². The van der Waals surface area contributed by atoms with Crippen LogP contribution in [0.3, 0.4) is 0 Å². The number of carbonyl (C=O) groups is 1. The van der Waals surface area contributed by atoms with Crippen LogP contribution in [-0.2, 0) is 10.0 Å². The zero-order valence-electron chi connectivity index (χ0n) is 7.14. The van der Waals surface area contributed by atoms with Crippen LogP contribution in [0.1, 0.15) is 10.4 Å². The zero-order chi connectivity index (χ0) is 11.8. The summed E-state index contributed by atoms with van der Waals surface area (Å²) in [7, 11) is -4.21. The molecule has 82 valence electrons. The van der Waals surface area contributed by atoms with Gasteiger partial charge in [-0.2, -0.15) is 0 Å². The molecule has 0 unspecified atom stereocenters. The molecule has 0 radical (unpaired) electrons. The van der Waals surface area contributed by atoms with Crippen molar-refractivity contribution in [1.29, 1.82) is 0 Å². The molecule has 0 aliphatic heterocycles. The largest absolute Gasteiger partial charge is 0.506 e. The van der Waals surface area contributed by atoms with Gasteiger partial charge >= 0.3 is 5.97 Å². The molecular formula is C7H6ClNO5S. The van der Waals surface area contributed by atoms with Gasteiger partial charge in [-0.3, -0.25) is 0 Å². The Morgan fingerprint density at radius 2 is 1.93 bits per heavy atom. The Labute approximate surface area is 90.0 Å². The average molecular weight is 252 g/mol. The van der Waals surface area contributed by atoms with Gasteiger partial charge in [-0.15, -0.1) is 0 Å². The third-order valence-corrected chi connectivity index (χ3v) is 2.72. The summed E-state index contributed by atoms with van der Waals surface area (Å²) in [4.78, 5) is 9.88. The van der Waals surface area contributed by atoms with Crippen LogP contribution in [0.5, 0.6) is 5.75 Å². The molecule has 0 fully saturated rings. The van der Waals surface area contributed by atoms with Gasteiger partial charge in [0.1, 0.15) is 16.2 Å². The molecule has 0 aliphatic rings. The molecule has 0 atom stereocenters. The summed E-state index contributed by atoms with van der Waals surface area (Å²) in [6.45, 7) is 0. The molecule has 0 saturated heterocycles. The number of phenols is 1. The Morgan fingerprint density at radius 1 is 1.40 bits per heavy atom. The van der Waals surface area contributed by atoms with E-state index < -0.39 is 32.2 Å². The lowest BCUT2D eigenvalue weighted by Gasteiger charge is -2.05. The summed E-state index contributed by atoms with van der Waals surface area (Å²) in [5.74, 6) is -2.42. The number of nitrogens with two attached hydrogens (primary N) is 1. The minimum atomic E-state index is -4.21. The first kappa shape index (κ1) is 11.8. The molecule has 4 N–H and O–H groups in total. The van der Waals surface area contributed by atoms with E-state index >= 15 is 0 Å². The van der Waals surface area contributed by atoms with Crippen LogP contribution in [0.2, 0.25) is 5.02 Å². The average Bonchev–Trinajstić information content (AvgIpc) is 2.06. The molecule has 0 aliphatic carbocycles. The van der Waals surface area contributed by atoms with Gasteiger partial charge in [0.2, 0.25) is 10.0 Å². The van der Waals surface area contributed by atoms with Gasteiger partial charge in [0, 0.05) is 5.02 Å². The van der Waals surface area contributed by atoms with Gasteiger partial charge in [-0.25, -0.2) is 18.4 Å². The summed E-state index contributed by atoms with van der Waals surface area (Å²) < 4.78 is 21.9. The van der Waals surface area contributed by atoms with Crippen molar-refractivity contribution in [1.82, 2.24) is 0 Å². The summed E-state index contributed by atoms with van der Waals surface area (Å²) in [5, 5.41) is 22.6. The lowest BCUT2D eigenvalue weighted by molar-refractivity contribution is 0.0693. The Morgan fingerprint density at radius 3 is 2.33 bits per heavy atom. The SMILES string of the molecule is NS(=O)(=O)c1cc(Cl)cc(C(=O)O)c1O. The minimum absolute atomic E-state index is 0.144. The Kier molecular flexibility index (Phi) is 2.89. The van der Waals surface area contributed by atoms with Crippen LogP contribution in [0, 0.1) is 0 Å². The Hall–Kier alpha value is -1.31. The van der Waals surface area contributed by atoms with Crippen molar-refractivity contribution in [3.8, 4) is 5.75 Å². The van der Waals surface area contributed by atoms with E-state index in [0.29, 0.717) is 0 Å². The molecule has 1 aromatic carbocycles. The van der Waals surface area contributed by atoms with Crippen molar-refractivity contribution in [2.75, 3.05) is 0 Å². The third-order valence-electron chi connectivity index (χ3n) is 1.58.